The van der Waals surface area contributed by atoms with Gasteiger partial charge in [0.1, 0.15) is 11.9 Å². The van der Waals surface area contributed by atoms with Crippen molar-refractivity contribution in [3.8, 4) is 28.3 Å². The van der Waals surface area contributed by atoms with Gasteiger partial charge in [-0.2, -0.15) is 5.26 Å². The van der Waals surface area contributed by atoms with Gasteiger partial charge < -0.3 is 0 Å². The fraction of sp³-hybridized carbons (Fsp3) is 0. The summed E-state index contributed by atoms with van der Waals surface area (Å²) in [5, 5.41) is 12.0. The molecule has 0 spiro atoms. The van der Waals surface area contributed by atoms with Crippen LogP contribution in [0.4, 0.5) is 4.39 Å². The molecule has 0 saturated carbocycles. The molecule has 118 valence electrons. The van der Waals surface area contributed by atoms with Gasteiger partial charge in [0.2, 0.25) is 0 Å². The van der Waals surface area contributed by atoms with E-state index in [1.165, 1.54) is 12.1 Å². The molecule has 25 heavy (non-hydrogen) atoms. The molecule has 0 atom stereocenters. The first-order valence-corrected chi connectivity index (χ1v) is 8.05. The first kappa shape index (κ1) is 15.1. The smallest absolute Gasteiger partial charge is 0.123 e. The summed E-state index contributed by atoms with van der Waals surface area (Å²) in [6, 6.07) is 28.6. The molecule has 2 heteroatoms. The third-order valence-corrected chi connectivity index (χ3v) is 4.38. The summed E-state index contributed by atoms with van der Waals surface area (Å²) < 4.78 is 13.4. The number of rotatable bonds is 2. The third-order valence-electron chi connectivity index (χ3n) is 4.38. The Balaban J connectivity index is 2.12. The van der Waals surface area contributed by atoms with Crippen LogP contribution in [0.25, 0.3) is 33.0 Å². The highest BCUT2D eigenvalue weighted by molar-refractivity contribution is 6.03. The molecule has 4 aromatic carbocycles. The van der Waals surface area contributed by atoms with Crippen LogP contribution in [0.2, 0.25) is 0 Å². The van der Waals surface area contributed by atoms with Gasteiger partial charge in [-0.05, 0) is 40.1 Å². The molecule has 0 heterocycles. The van der Waals surface area contributed by atoms with Gasteiger partial charge in [0.05, 0.1) is 5.56 Å². The van der Waals surface area contributed by atoms with Crippen molar-refractivity contribution in [3.05, 3.63) is 96.3 Å². The molecule has 4 aromatic rings. The van der Waals surface area contributed by atoms with E-state index in [1.54, 1.807) is 12.1 Å². The summed E-state index contributed by atoms with van der Waals surface area (Å²) in [5.74, 6) is -0.286. The quantitative estimate of drug-likeness (QED) is 0.432. The Morgan fingerprint density at radius 1 is 0.720 bits per heavy atom. The molecule has 0 aliphatic rings. The molecule has 0 unspecified atom stereocenters. The van der Waals surface area contributed by atoms with Crippen LogP contribution in [-0.4, -0.2) is 0 Å². The molecule has 0 N–H and O–H groups in total. The third kappa shape index (κ3) is 2.66. The molecule has 0 aromatic heterocycles. The van der Waals surface area contributed by atoms with Gasteiger partial charge in [-0.1, -0.05) is 66.7 Å². The predicted octanol–water partition coefficient (Wildman–Crippen LogP) is 6.18. The van der Waals surface area contributed by atoms with Crippen molar-refractivity contribution in [2.75, 3.05) is 0 Å². The van der Waals surface area contributed by atoms with Gasteiger partial charge in [0.25, 0.3) is 0 Å². The molecule has 0 saturated heterocycles. The minimum atomic E-state index is -0.286. The maximum Gasteiger partial charge on any atom is 0.123 e. The Hall–Kier alpha value is -3.44. The van der Waals surface area contributed by atoms with Gasteiger partial charge in [-0.25, -0.2) is 4.39 Å². The molecule has 0 fully saturated rings. The summed E-state index contributed by atoms with van der Waals surface area (Å²) in [6.07, 6.45) is 0. The largest absolute Gasteiger partial charge is 0.207 e. The van der Waals surface area contributed by atoms with Crippen LogP contribution in [0.5, 0.6) is 0 Å². The number of nitrogens with zero attached hydrogens (tertiary/aromatic N) is 1. The van der Waals surface area contributed by atoms with Gasteiger partial charge >= 0.3 is 0 Å². The minimum absolute atomic E-state index is 0.286. The van der Waals surface area contributed by atoms with Crippen molar-refractivity contribution in [2.24, 2.45) is 0 Å². The van der Waals surface area contributed by atoms with E-state index in [-0.39, 0.29) is 5.82 Å². The summed E-state index contributed by atoms with van der Waals surface area (Å²) >= 11 is 0. The topological polar surface area (TPSA) is 23.8 Å². The first-order valence-electron chi connectivity index (χ1n) is 8.05. The fourth-order valence-electron chi connectivity index (χ4n) is 3.23. The Morgan fingerprint density at radius 2 is 1.40 bits per heavy atom. The lowest BCUT2D eigenvalue weighted by molar-refractivity contribution is 0.628. The first-order chi connectivity index (χ1) is 12.3. The van der Waals surface area contributed by atoms with Crippen molar-refractivity contribution in [2.45, 2.75) is 0 Å². The summed E-state index contributed by atoms with van der Waals surface area (Å²) in [6.45, 7) is 0. The van der Waals surface area contributed by atoms with Crippen molar-refractivity contribution in [3.63, 3.8) is 0 Å². The molecule has 0 aliphatic heterocycles. The van der Waals surface area contributed by atoms with Gasteiger partial charge in [-0.3, -0.25) is 0 Å². The average Bonchev–Trinajstić information content (AvgIpc) is 2.68. The van der Waals surface area contributed by atoms with Gasteiger partial charge in [-0.15, -0.1) is 0 Å². The Morgan fingerprint density at radius 3 is 2.12 bits per heavy atom. The Kier molecular flexibility index (Phi) is 3.76. The highest BCUT2D eigenvalue weighted by Gasteiger charge is 2.16. The number of halogens is 1. The molecule has 1 nitrogen and oxygen atoms in total. The number of hydrogen-bond acceptors (Lipinski definition) is 1. The second-order valence-electron chi connectivity index (χ2n) is 5.88. The molecular weight excluding hydrogens is 309 g/mol. The van der Waals surface area contributed by atoms with E-state index in [4.69, 9.17) is 0 Å². The van der Waals surface area contributed by atoms with Crippen LogP contribution in [-0.2, 0) is 0 Å². The maximum atomic E-state index is 13.4. The van der Waals surface area contributed by atoms with Crippen LogP contribution < -0.4 is 0 Å². The zero-order valence-corrected chi connectivity index (χ0v) is 13.4. The zero-order chi connectivity index (χ0) is 17.2. The second-order valence-corrected chi connectivity index (χ2v) is 5.88. The van der Waals surface area contributed by atoms with Gasteiger partial charge in [0, 0.05) is 11.1 Å². The van der Waals surface area contributed by atoms with E-state index < -0.39 is 0 Å². The van der Waals surface area contributed by atoms with Crippen LogP contribution >= 0.6 is 0 Å². The molecule has 0 radical (unpaired) electrons. The van der Waals surface area contributed by atoms with Crippen LogP contribution in [0, 0.1) is 17.1 Å². The van der Waals surface area contributed by atoms with Crippen molar-refractivity contribution < 1.29 is 4.39 Å². The molecule has 4 rings (SSSR count). The van der Waals surface area contributed by atoms with Gasteiger partial charge in [0.15, 0.2) is 0 Å². The van der Waals surface area contributed by atoms with Crippen LogP contribution in [0.3, 0.4) is 0 Å². The van der Waals surface area contributed by atoms with E-state index in [1.807, 2.05) is 54.6 Å². The van der Waals surface area contributed by atoms with E-state index in [9.17, 15) is 9.65 Å². The summed E-state index contributed by atoms with van der Waals surface area (Å²) in [5.41, 5.74) is 4.18. The highest BCUT2D eigenvalue weighted by Crippen LogP contribution is 2.38. The molecular formula is C23H14FN. The van der Waals surface area contributed by atoms with E-state index in [2.05, 4.69) is 12.1 Å². The minimum Gasteiger partial charge on any atom is -0.207 e. The summed E-state index contributed by atoms with van der Waals surface area (Å²) in [4.78, 5) is 0. The SMILES string of the molecule is N#Cc1c(-c2ccccc2)cc2ccccc2c1-c1ccc(F)cc1. The number of nitriles is 1. The number of fused-ring (bicyclic) bond motifs is 1. The van der Waals surface area contributed by atoms with Crippen molar-refractivity contribution in [1.82, 2.24) is 0 Å². The fourth-order valence-corrected chi connectivity index (χ4v) is 3.23. The Labute approximate surface area is 145 Å². The molecule has 0 amide bonds. The lowest BCUT2D eigenvalue weighted by Gasteiger charge is -2.14. The molecule has 0 bridgehead atoms. The van der Waals surface area contributed by atoms with Crippen molar-refractivity contribution in [1.29, 1.82) is 5.26 Å². The monoisotopic (exact) mass is 323 g/mol. The van der Waals surface area contributed by atoms with Crippen LogP contribution in [0.15, 0.2) is 84.9 Å². The van der Waals surface area contributed by atoms with E-state index >= 15 is 0 Å². The zero-order valence-electron chi connectivity index (χ0n) is 13.4. The van der Waals surface area contributed by atoms with E-state index in [0.717, 1.165) is 33.0 Å². The Bertz CT molecular complexity index is 1090. The van der Waals surface area contributed by atoms with Crippen LogP contribution in [0.1, 0.15) is 5.56 Å². The average molecular weight is 323 g/mol. The summed E-state index contributed by atoms with van der Waals surface area (Å²) in [7, 11) is 0. The van der Waals surface area contributed by atoms with E-state index in [0.29, 0.717) is 5.56 Å². The normalized spacial score (nSPS) is 10.6. The van der Waals surface area contributed by atoms with Crippen molar-refractivity contribution >= 4 is 10.8 Å². The number of benzene rings is 4. The predicted molar refractivity (Wildman–Crippen MR) is 99.5 cm³/mol. The lowest BCUT2D eigenvalue weighted by Crippen LogP contribution is -1.93. The lowest BCUT2D eigenvalue weighted by atomic mass is 9.88. The highest BCUT2D eigenvalue weighted by atomic mass is 19.1. The number of hydrogen-bond donors (Lipinski definition) is 0. The maximum absolute atomic E-state index is 13.4. The molecule has 0 aliphatic carbocycles. The second kappa shape index (κ2) is 6.22. The standard InChI is InChI=1S/C23H14FN/c24-19-12-10-17(11-13-19)23-20-9-5-4-8-18(20)14-21(22(23)15-25)16-6-2-1-3-7-16/h1-14H.